The second kappa shape index (κ2) is 7.36. The van der Waals surface area contributed by atoms with Crippen molar-refractivity contribution in [1.29, 1.82) is 0 Å². The molecule has 1 aromatic carbocycles. The van der Waals surface area contributed by atoms with Crippen LogP contribution in [0.3, 0.4) is 0 Å². The van der Waals surface area contributed by atoms with Crippen LogP contribution in [-0.4, -0.2) is 23.8 Å². The molecule has 0 bridgehead atoms. The minimum Gasteiger partial charge on any atom is -0.496 e. The van der Waals surface area contributed by atoms with E-state index in [2.05, 4.69) is 4.98 Å². The predicted octanol–water partition coefficient (Wildman–Crippen LogP) is 2.58. The van der Waals surface area contributed by atoms with Gasteiger partial charge in [0.2, 0.25) is 0 Å². The molecule has 0 saturated heterocycles. The van der Waals surface area contributed by atoms with Gasteiger partial charge in [-0.15, -0.1) is 0 Å². The van der Waals surface area contributed by atoms with E-state index in [0.29, 0.717) is 16.9 Å². The highest BCUT2D eigenvalue weighted by Gasteiger charge is 2.12. The zero-order valence-electron chi connectivity index (χ0n) is 12.5. The molecule has 0 N–H and O–H groups in total. The Morgan fingerprint density at radius 2 is 2.05 bits per heavy atom. The standard InChI is InChI=1S/C17H17NO4/c1-12(19)14-5-6-16(21-2)15(8-14)9-17(20)22-11-13-4-3-7-18-10-13/h3-8,10H,9,11H2,1-2H3. The summed E-state index contributed by atoms with van der Waals surface area (Å²) < 4.78 is 10.4. The van der Waals surface area contributed by atoms with Crippen molar-refractivity contribution in [2.45, 2.75) is 20.0 Å². The van der Waals surface area contributed by atoms with E-state index in [1.165, 1.54) is 14.0 Å². The molecule has 0 saturated carbocycles. The fourth-order valence-corrected chi connectivity index (χ4v) is 1.99. The molecule has 114 valence electrons. The van der Waals surface area contributed by atoms with E-state index in [0.717, 1.165) is 5.56 Å². The van der Waals surface area contributed by atoms with E-state index >= 15 is 0 Å². The summed E-state index contributed by atoms with van der Waals surface area (Å²) in [6.07, 6.45) is 3.35. The quantitative estimate of drug-likeness (QED) is 0.606. The molecule has 0 atom stereocenters. The van der Waals surface area contributed by atoms with Crippen LogP contribution in [0.4, 0.5) is 0 Å². The molecule has 22 heavy (non-hydrogen) atoms. The number of carbonyl (C=O) groups excluding carboxylic acids is 2. The van der Waals surface area contributed by atoms with E-state index in [1.807, 2.05) is 6.07 Å². The Kier molecular flexibility index (Phi) is 5.25. The second-order valence-electron chi connectivity index (χ2n) is 4.78. The number of ether oxygens (including phenoxy) is 2. The fraction of sp³-hybridized carbons (Fsp3) is 0.235. The van der Waals surface area contributed by atoms with Gasteiger partial charge in [-0.1, -0.05) is 6.07 Å². The topological polar surface area (TPSA) is 65.5 Å². The van der Waals surface area contributed by atoms with Gasteiger partial charge in [0.15, 0.2) is 5.78 Å². The molecule has 1 heterocycles. The zero-order chi connectivity index (χ0) is 15.9. The molecule has 1 aromatic heterocycles. The minimum absolute atomic E-state index is 0.0462. The minimum atomic E-state index is -0.386. The smallest absolute Gasteiger partial charge is 0.310 e. The Balaban J connectivity index is 2.04. The van der Waals surface area contributed by atoms with Gasteiger partial charge in [-0.3, -0.25) is 14.6 Å². The number of nitrogens with zero attached hydrogens (tertiary/aromatic N) is 1. The number of ketones is 1. The van der Waals surface area contributed by atoms with Crippen molar-refractivity contribution in [3.63, 3.8) is 0 Å². The highest BCUT2D eigenvalue weighted by Crippen LogP contribution is 2.21. The summed E-state index contributed by atoms with van der Waals surface area (Å²) in [6, 6.07) is 8.62. The van der Waals surface area contributed by atoms with Gasteiger partial charge in [0.05, 0.1) is 13.5 Å². The largest absolute Gasteiger partial charge is 0.496 e. The Morgan fingerprint density at radius 1 is 1.23 bits per heavy atom. The number of aromatic nitrogens is 1. The number of carbonyl (C=O) groups is 2. The van der Waals surface area contributed by atoms with Gasteiger partial charge in [-0.05, 0) is 31.2 Å². The lowest BCUT2D eigenvalue weighted by Crippen LogP contribution is -2.10. The first-order valence-electron chi connectivity index (χ1n) is 6.82. The Hall–Kier alpha value is -2.69. The number of esters is 1. The number of rotatable bonds is 6. The van der Waals surface area contributed by atoms with Gasteiger partial charge >= 0.3 is 5.97 Å². The molecule has 5 heteroatoms. The molecule has 2 rings (SSSR count). The van der Waals surface area contributed by atoms with Crippen LogP contribution in [0.15, 0.2) is 42.7 Å². The Bertz CT molecular complexity index is 668. The molecule has 0 fully saturated rings. The number of hydrogen-bond acceptors (Lipinski definition) is 5. The average Bonchev–Trinajstić information content (AvgIpc) is 2.53. The molecule has 0 amide bonds. The van der Waals surface area contributed by atoms with Crippen molar-refractivity contribution in [3.05, 3.63) is 59.4 Å². The first-order valence-corrected chi connectivity index (χ1v) is 6.82. The van der Waals surface area contributed by atoms with Gasteiger partial charge in [0.1, 0.15) is 12.4 Å². The summed E-state index contributed by atoms with van der Waals surface area (Å²) in [7, 11) is 1.52. The van der Waals surface area contributed by atoms with Crippen LogP contribution in [0.5, 0.6) is 5.75 Å². The molecule has 2 aromatic rings. The summed E-state index contributed by atoms with van der Waals surface area (Å²) >= 11 is 0. The van der Waals surface area contributed by atoms with Crippen LogP contribution >= 0.6 is 0 Å². The number of Topliss-reactive ketones (excluding diaryl/α,β-unsaturated/α-hetero) is 1. The number of benzene rings is 1. The maximum atomic E-state index is 12.0. The third-order valence-electron chi connectivity index (χ3n) is 3.14. The van der Waals surface area contributed by atoms with Crippen molar-refractivity contribution in [2.24, 2.45) is 0 Å². The van der Waals surface area contributed by atoms with Crippen LogP contribution in [0.25, 0.3) is 0 Å². The lowest BCUT2D eigenvalue weighted by Gasteiger charge is -2.10. The zero-order valence-corrected chi connectivity index (χ0v) is 12.5. The molecule has 0 aliphatic heterocycles. The van der Waals surface area contributed by atoms with Crippen molar-refractivity contribution >= 4 is 11.8 Å². The first-order chi connectivity index (χ1) is 10.6. The van der Waals surface area contributed by atoms with Crippen molar-refractivity contribution < 1.29 is 19.1 Å². The van der Waals surface area contributed by atoms with Crippen LogP contribution in [0, 0.1) is 0 Å². The lowest BCUT2D eigenvalue weighted by molar-refractivity contribution is -0.144. The van der Waals surface area contributed by atoms with Crippen LogP contribution in [0.1, 0.15) is 28.4 Å². The predicted molar refractivity (Wildman–Crippen MR) is 80.7 cm³/mol. The monoisotopic (exact) mass is 299 g/mol. The molecular formula is C17H17NO4. The molecule has 0 aliphatic carbocycles. The summed E-state index contributed by atoms with van der Waals surface area (Å²) in [5.41, 5.74) is 1.99. The van der Waals surface area contributed by atoms with Crippen LogP contribution in [0.2, 0.25) is 0 Å². The van der Waals surface area contributed by atoms with Crippen molar-refractivity contribution in [1.82, 2.24) is 4.98 Å². The molecule has 0 unspecified atom stereocenters. The van der Waals surface area contributed by atoms with E-state index < -0.39 is 0 Å². The SMILES string of the molecule is COc1ccc(C(C)=O)cc1CC(=O)OCc1cccnc1. The summed E-state index contributed by atoms with van der Waals surface area (Å²) in [4.78, 5) is 27.3. The normalized spacial score (nSPS) is 10.1. The fourth-order valence-electron chi connectivity index (χ4n) is 1.99. The second-order valence-corrected chi connectivity index (χ2v) is 4.78. The average molecular weight is 299 g/mol. The number of hydrogen-bond donors (Lipinski definition) is 0. The van der Waals surface area contributed by atoms with Gasteiger partial charge in [0, 0.05) is 29.1 Å². The summed E-state index contributed by atoms with van der Waals surface area (Å²) in [5.74, 6) is 0.110. The third-order valence-corrected chi connectivity index (χ3v) is 3.14. The third kappa shape index (κ3) is 4.15. The van der Waals surface area contributed by atoms with E-state index in [1.54, 1.807) is 36.7 Å². The maximum absolute atomic E-state index is 12.0. The van der Waals surface area contributed by atoms with Gasteiger partial charge in [-0.25, -0.2) is 0 Å². The molecule has 0 spiro atoms. The highest BCUT2D eigenvalue weighted by atomic mass is 16.5. The molecular weight excluding hydrogens is 282 g/mol. The summed E-state index contributed by atoms with van der Waals surface area (Å²) in [6.45, 7) is 1.65. The Morgan fingerprint density at radius 3 is 2.68 bits per heavy atom. The van der Waals surface area contributed by atoms with E-state index in [-0.39, 0.29) is 24.8 Å². The molecule has 5 nitrogen and oxygen atoms in total. The first kappa shape index (κ1) is 15.7. The van der Waals surface area contributed by atoms with Crippen molar-refractivity contribution in [2.75, 3.05) is 7.11 Å². The van der Waals surface area contributed by atoms with Crippen molar-refractivity contribution in [3.8, 4) is 5.75 Å². The van der Waals surface area contributed by atoms with Crippen LogP contribution < -0.4 is 4.74 Å². The number of pyridine rings is 1. The summed E-state index contributed by atoms with van der Waals surface area (Å²) in [5, 5.41) is 0. The lowest BCUT2D eigenvalue weighted by atomic mass is 10.0. The number of methoxy groups -OCH3 is 1. The Labute approximate surface area is 128 Å². The van der Waals surface area contributed by atoms with Crippen LogP contribution in [-0.2, 0) is 22.6 Å². The van der Waals surface area contributed by atoms with Gasteiger partial charge < -0.3 is 9.47 Å². The maximum Gasteiger partial charge on any atom is 0.310 e. The van der Waals surface area contributed by atoms with Gasteiger partial charge in [-0.2, -0.15) is 0 Å². The molecule has 0 radical (unpaired) electrons. The van der Waals surface area contributed by atoms with E-state index in [4.69, 9.17) is 9.47 Å². The highest BCUT2D eigenvalue weighted by molar-refractivity contribution is 5.94. The molecule has 0 aliphatic rings. The van der Waals surface area contributed by atoms with Gasteiger partial charge in [0.25, 0.3) is 0 Å². The van der Waals surface area contributed by atoms with E-state index in [9.17, 15) is 9.59 Å².